The molecule has 4 aliphatic heterocycles. The summed E-state index contributed by atoms with van der Waals surface area (Å²) < 4.78 is 3.65. The van der Waals surface area contributed by atoms with E-state index < -0.39 is 11.9 Å². The highest BCUT2D eigenvalue weighted by Gasteiger charge is 2.43. The number of nitrogens with two attached hydrogens (primary N) is 1. The number of carbonyl (C=O) groups excluding carboxylic acids is 1. The van der Waals surface area contributed by atoms with E-state index in [1.54, 1.807) is 30.6 Å². The molecule has 0 spiro atoms. The Kier molecular flexibility index (Phi) is 15.8. The smallest absolute Gasteiger partial charge is 0.309 e. The van der Waals surface area contributed by atoms with Gasteiger partial charge in [0.1, 0.15) is 22.7 Å². The Hall–Kier alpha value is -4.92. The van der Waals surface area contributed by atoms with Gasteiger partial charge in [-0.25, -0.2) is 29.3 Å². The van der Waals surface area contributed by atoms with Crippen LogP contribution in [0.1, 0.15) is 87.0 Å². The highest BCUT2D eigenvalue weighted by Crippen LogP contribution is 2.36. The van der Waals surface area contributed by atoms with E-state index >= 15 is 0 Å². The molecule has 2 aromatic carbocycles. The highest BCUT2D eigenvalue weighted by atomic mass is 35.5. The molecule has 18 nitrogen and oxygen atoms in total. The predicted molar refractivity (Wildman–Crippen MR) is 279 cm³/mol. The van der Waals surface area contributed by atoms with Crippen molar-refractivity contribution in [3.05, 3.63) is 91.4 Å². The van der Waals surface area contributed by atoms with Crippen LogP contribution in [-0.2, 0) is 9.59 Å². The number of carboxylic acids is 1. The number of aliphatic carboxylic acids is 1. The van der Waals surface area contributed by atoms with Crippen molar-refractivity contribution >= 4 is 92.2 Å². The molecule has 0 radical (unpaired) electrons. The van der Waals surface area contributed by atoms with Crippen molar-refractivity contribution in [3.8, 4) is 0 Å². The number of fused-ring (bicyclic) bond motifs is 2. The van der Waals surface area contributed by atoms with Crippen molar-refractivity contribution in [2.75, 3.05) is 62.3 Å². The third kappa shape index (κ3) is 10.3. The van der Waals surface area contributed by atoms with E-state index in [2.05, 4.69) is 24.7 Å². The largest absolute Gasteiger partial charge is 0.481 e. The maximum atomic E-state index is 12.5. The number of aryl methyl sites for hydroxylation is 2. The van der Waals surface area contributed by atoms with Crippen LogP contribution < -0.4 is 15.5 Å². The second kappa shape index (κ2) is 21.9. The lowest BCUT2D eigenvalue weighted by atomic mass is 9.89. The van der Waals surface area contributed by atoms with E-state index in [9.17, 15) is 24.9 Å². The molecule has 5 N–H and O–H groups in total. The molecule has 8 atom stereocenters. The number of rotatable bonds is 12. The van der Waals surface area contributed by atoms with Gasteiger partial charge in [0, 0.05) is 70.4 Å². The molecule has 10 rings (SSSR count). The van der Waals surface area contributed by atoms with Crippen LogP contribution in [0.5, 0.6) is 0 Å². The Bertz CT molecular complexity index is 2760. The third-order valence-corrected chi connectivity index (χ3v) is 16.4. The fourth-order valence-electron chi connectivity index (χ4n) is 11.5. The van der Waals surface area contributed by atoms with Gasteiger partial charge in [-0.2, -0.15) is 10.2 Å². The zero-order valence-electron chi connectivity index (χ0n) is 40.8. The molecule has 3 unspecified atom stereocenters. The summed E-state index contributed by atoms with van der Waals surface area (Å²) in [6, 6.07) is 10.5. The zero-order chi connectivity index (χ0) is 51.1. The highest BCUT2D eigenvalue weighted by molar-refractivity contribution is 6.35. The van der Waals surface area contributed by atoms with Crippen LogP contribution in [-0.4, -0.2) is 153 Å². The molecule has 384 valence electrons. The Balaban J connectivity index is 0.000000178. The molecule has 0 aliphatic carbocycles. The van der Waals surface area contributed by atoms with Crippen LogP contribution in [0.3, 0.4) is 0 Å². The maximum Gasteiger partial charge on any atom is 0.309 e. The Labute approximate surface area is 438 Å². The first-order chi connectivity index (χ1) is 34.6. The topological polar surface area (TPSA) is 221 Å². The minimum Gasteiger partial charge on any atom is -0.481 e. The van der Waals surface area contributed by atoms with Crippen LogP contribution in [0.2, 0.25) is 20.1 Å². The summed E-state index contributed by atoms with van der Waals surface area (Å²) >= 11 is 25.1. The average Bonchev–Trinajstić information content (AvgIpc) is 4.19. The van der Waals surface area contributed by atoms with Crippen molar-refractivity contribution in [3.63, 3.8) is 0 Å². The van der Waals surface area contributed by atoms with Crippen LogP contribution in [0, 0.1) is 25.7 Å². The normalized spacial score (nSPS) is 23.9. The van der Waals surface area contributed by atoms with Gasteiger partial charge in [-0.3, -0.25) is 19.4 Å². The second-order valence-corrected chi connectivity index (χ2v) is 21.2. The second-order valence-electron chi connectivity index (χ2n) is 19.5. The molecule has 0 bridgehead atoms. The molecule has 4 fully saturated rings. The number of anilines is 2. The Morgan fingerprint density at radius 3 is 1.50 bits per heavy atom. The quantitative estimate of drug-likeness (QED) is 0.0972. The SMILES string of the molecule is Cc1nn([C@H](C)c2ccc(Cl)cc2Cl)c2nc(N3CCC(N4CCC[C@H]4CO)C(C(=O)O)C3)cnc12.Cc1nn([C@H](C)c2ccc(Cl)cc2Cl)c2nc(N3CCC(N4CCC[C@H]4CO)[C@H](C(N)=O)C3)cnc12. The van der Waals surface area contributed by atoms with Crippen molar-refractivity contribution in [2.24, 2.45) is 17.6 Å². The molecule has 22 heteroatoms. The fourth-order valence-corrected chi connectivity index (χ4v) is 12.6. The number of carboxylic acid groups (broad SMARTS) is 1. The number of amides is 1. The number of primary amides is 1. The number of aliphatic hydroxyl groups is 2. The van der Waals surface area contributed by atoms with E-state index in [1.165, 1.54) is 0 Å². The third-order valence-electron chi connectivity index (χ3n) is 15.3. The number of likely N-dealkylation sites (tertiary alicyclic amines) is 2. The molecule has 6 aromatic rings. The summed E-state index contributed by atoms with van der Waals surface area (Å²) in [5.74, 6) is -0.780. The summed E-state index contributed by atoms with van der Waals surface area (Å²) in [4.78, 5) is 52.5. The van der Waals surface area contributed by atoms with Crippen molar-refractivity contribution in [1.82, 2.24) is 49.3 Å². The number of aromatic nitrogens is 8. The first-order valence-corrected chi connectivity index (χ1v) is 26.2. The van der Waals surface area contributed by atoms with Gasteiger partial charge in [-0.05, 0) is 115 Å². The van der Waals surface area contributed by atoms with Gasteiger partial charge >= 0.3 is 5.97 Å². The molecular weight excluding hydrogens is 1000 g/mol. The van der Waals surface area contributed by atoms with Crippen LogP contribution in [0.25, 0.3) is 22.3 Å². The molecule has 4 aliphatic rings. The van der Waals surface area contributed by atoms with Gasteiger partial charge in [0.2, 0.25) is 5.91 Å². The number of carbonyl (C=O) groups is 2. The van der Waals surface area contributed by atoms with Gasteiger partial charge in [0.15, 0.2) is 11.3 Å². The molecule has 1 amide bonds. The lowest BCUT2D eigenvalue weighted by Crippen LogP contribution is -2.57. The number of piperidine rings is 2. The minimum absolute atomic E-state index is 0.0231. The number of benzene rings is 2. The lowest BCUT2D eigenvalue weighted by molar-refractivity contribution is -0.145. The molecule has 4 aromatic heterocycles. The van der Waals surface area contributed by atoms with E-state index in [-0.39, 0.29) is 61.3 Å². The summed E-state index contributed by atoms with van der Waals surface area (Å²) in [6.45, 7) is 11.9. The Morgan fingerprint density at radius 1 is 0.667 bits per heavy atom. The minimum atomic E-state index is -0.825. The molecule has 0 saturated carbocycles. The molecular formula is C50H61Cl4N13O5. The molecule has 72 heavy (non-hydrogen) atoms. The van der Waals surface area contributed by atoms with Gasteiger partial charge < -0.3 is 30.9 Å². The van der Waals surface area contributed by atoms with Crippen molar-refractivity contribution in [1.29, 1.82) is 0 Å². The summed E-state index contributed by atoms with van der Waals surface area (Å²) in [5, 5.41) is 41.3. The first kappa shape index (κ1) is 52.0. The average molecular weight is 1070 g/mol. The van der Waals surface area contributed by atoms with E-state index in [0.717, 1.165) is 79.8 Å². The van der Waals surface area contributed by atoms with Crippen molar-refractivity contribution < 1.29 is 24.9 Å². The van der Waals surface area contributed by atoms with Gasteiger partial charge in [-0.1, -0.05) is 58.5 Å². The number of hydrogen-bond donors (Lipinski definition) is 4. The maximum absolute atomic E-state index is 12.5. The number of nitrogens with zero attached hydrogens (tertiary/aromatic N) is 12. The van der Waals surface area contributed by atoms with E-state index in [4.69, 9.17) is 72.3 Å². The number of aliphatic hydroxyl groups excluding tert-OH is 2. The summed E-state index contributed by atoms with van der Waals surface area (Å²) in [7, 11) is 0. The van der Waals surface area contributed by atoms with Crippen molar-refractivity contribution in [2.45, 2.75) is 102 Å². The fraction of sp³-hybridized carbons (Fsp3) is 0.520. The number of hydrogen-bond acceptors (Lipinski definition) is 14. The van der Waals surface area contributed by atoms with Gasteiger partial charge in [0.05, 0.1) is 60.9 Å². The van der Waals surface area contributed by atoms with Gasteiger partial charge in [0.25, 0.3) is 0 Å². The monoisotopic (exact) mass is 1060 g/mol. The zero-order valence-corrected chi connectivity index (χ0v) is 43.8. The summed E-state index contributed by atoms with van der Waals surface area (Å²) in [5.41, 5.74) is 11.9. The lowest BCUT2D eigenvalue weighted by Gasteiger charge is -2.43. The first-order valence-electron chi connectivity index (χ1n) is 24.7. The standard InChI is InChI=1S/C25H31Cl2N7O2.C25H30Cl2N6O3/c1-14-23-25(34(31-14)15(2)18-6-5-16(26)10-20(18)27)30-22(11-29-23)32-9-7-21(19(12-32)24(28)36)33-8-3-4-17(33)13-35;1-14-23-24(33(30-14)15(2)18-6-5-16(26)10-20(18)27)29-22(11-28-23)31-9-7-21(19(12-31)25(35)36)32-8-3-4-17(32)13-34/h5-6,10-11,15,17,19,21,35H,3-4,7-9,12-13H2,1-2H3,(H2,28,36);5-6,10-11,15,17,19,21,34H,3-4,7-9,12-13H2,1-2H3,(H,35,36)/t15-,17+,19-,21?;15-,17+,19?,21?/m11/s1. The van der Waals surface area contributed by atoms with Crippen LogP contribution in [0.4, 0.5) is 11.6 Å². The predicted octanol–water partition coefficient (Wildman–Crippen LogP) is 6.97. The molecule has 4 saturated heterocycles. The van der Waals surface area contributed by atoms with Crippen LogP contribution >= 0.6 is 46.4 Å². The van der Waals surface area contributed by atoms with Gasteiger partial charge in [-0.15, -0.1) is 0 Å². The van der Waals surface area contributed by atoms with Crippen LogP contribution in [0.15, 0.2) is 48.8 Å². The molecule has 8 heterocycles. The van der Waals surface area contributed by atoms with E-state index in [1.807, 2.05) is 60.2 Å². The van der Waals surface area contributed by atoms with E-state index in [0.29, 0.717) is 74.6 Å². The summed E-state index contributed by atoms with van der Waals surface area (Å²) in [6.07, 6.45) is 8.76. The number of halogens is 4. The Morgan fingerprint density at radius 2 is 1.10 bits per heavy atom.